The van der Waals surface area contributed by atoms with Crippen LogP contribution in [-0.2, 0) is 4.79 Å². The Kier molecular flexibility index (Phi) is 5.70. The zero-order chi connectivity index (χ0) is 17.9. The lowest BCUT2D eigenvalue weighted by Gasteiger charge is -2.16. The topological polar surface area (TPSA) is 75.6 Å². The van der Waals surface area contributed by atoms with Crippen LogP contribution in [0.25, 0.3) is 0 Å². The van der Waals surface area contributed by atoms with Crippen molar-refractivity contribution in [3.8, 4) is 5.75 Å². The fourth-order valence-corrected chi connectivity index (χ4v) is 2.45. The molecule has 2 aromatic rings. The summed E-state index contributed by atoms with van der Waals surface area (Å²) in [5.41, 5.74) is 0.999. The zero-order valence-electron chi connectivity index (χ0n) is 13.0. The SMILES string of the molecule is Cc1ccc(NC(=O)C(C)Oc2ccc(Cl)cc2Cl)c(C(=O)O)c1. The molecule has 2 N–H and O–H groups in total. The lowest BCUT2D eigenvalue weighted by molar-refractivity contribution is -0.122. The van der Waals surface area contributed by atoms with Gasteiger partial charge in [0.15, 0.2) is 6.10 Å². The molecule has 126 valence electrons. The van der Waals surface area contributed by atoms with E-state index in [0.29, 0.717) is 10.8 Å². The first-order valence-corrected chi connectivity index (χ1v) is 7.80. The van der Waals surface area contributed by atoms with E-state index < -0.39 is 18.0 Å². The van der Waals surface area contributed by atoms with Crippen LogP contribution in [0, 0.1) is 6.92 Å². The largest absolute Gasteiger partial charge is 0.479 e. The molecule has 0 aliphatic carbocycles. The van der Waals surface area contributed by atoms with Gasteiger partial charge in [0.2, 0.25) is 0 Å². The molecule has 1 unspecified atom stereocenters. The van der Waals surface area contributed by atoms with Crippen LogP contribution < -0.4 is 10.1 Å². The lowest BCUT2D eigenvalue weighted by atomic mass is 10.1. The van der Waals surface area contributed by atoms with Crippen molar-refractivity contribution in [2.75, 3.05) is 5.32 Å². The van der Waals surface area contributed by atoms with E-state index >= 15 is 0 Å². The van der Waals surface area contributed by atoms with E-state index in [0.717, 1.165) is 5.56 Å². The Labute approximate surface area is 149 Å². The Bertz CT molecular complexity index is 792. The summed E-state index contributed by atoms with van der Waals surface area (Å²) in [4.78, 5) is 23.5. The monoisotopic (exact) mass is 367 g/mol. The van der Waals surface area contributed by atoms with Gasteiger partial charge < -0.3 is 15.2 Å². The van der Waals surface area contributed by atoms with Crippen LogP contribution in [0.5, 0.6) is 5.75 Å². The van der Waals surface area contributed by atoms with Crippen LogP contribution in [-0.4, -0.2) is 23.1 Å². The van der Waals surface area contributed by atoms with Crippen LogP contribution in [0.1, 0.15) is 22.8 Å². The first-order chi connectivity index (χ1) is 11.3. The smallest absolute Gasteiger partial charge is 0.337 e. The maximum absolute atomic E-state index is 12.3. The molecular formula is C17H15Cl2NO4. The first kappa shape index (κ1) is 18.1. The second-order valence-electron chi connectivity index (χ2n) is 5.18. The van der Waals surface area contributed by atoms with Crippen molar-refractivity contribution in [1.29, 1.82) is 0 Å². The number of aromatic carboxylic acids is 1. The van der Waals surface area contributed by atoms with Crippen LogP contribution in [0.4, 0.5) is 5.69 Å². The number of hydrogen-bond acceptors (Lipinski definition) is 3. The van der Waals surface area contributed by atoms with E-state index in [4.69, 9.17) is 27.9 Å². The minimum atomic E-state index is -1.12. The molecule has 0 saturated heterocycles. The fraction of sp³-hybridized carbons (Fsp3) is 0.176. The van der Waals surface area contributed by atoms with E-state index in [1.165, 1.54) is 19.1 Å². The highest BCUT2D eigenvalue weighted by molar-refractivity contribution is 6.35. The molecular weight excluding hydrogens is 353 g/mol. The number of benzene rings is 2. The van der Waals surface area contributed by atoms with E-state index in [1.807, 2.05) is 0 Å². The number of hydrogen-bond donors (Lipinski definition) is 2. The van der Waals surface area contributed by atoms with Gasteiger partial charge in [-0.1, -0.05) is 34.8 Å². The number of ether oxygens (including phenoxy) is 1. The highest BCUT2D eigenvalue weighted by atomic mass is 35.5. The predicted molar refractivity (Wildman–Crippen MR) is 93.3 cm³/mol. The molecule has 0 radical (unpaired) electrons. The summed E-state index contributed by atoms with van der Waals surface area (Å²) >= 11 is 11.8. The second kappa shape index (κ2) is 7.55. The molecule has 24 heavy (non-hydrogen) atoms. The molecule has 0 heterocycles. The Balaban J connectivity index is 2.13. The van der Waals surface area contributed by atoms with Crippen LogP contribution in [0.2, 0.25) is 10.0 Å². The number of carbonyl (C=O) groups excluding carboxylic acids is 1. The summed E-state index contributed by atoms with van der Waals surface area (Å²) in [7, 11) is 0. The maximum Gasteiger partial charge on any atom is 0.337 e. The maximum atomic E-state index is 12.3. The molecule has 0 bridgehead atoms. The molecule has 0 fully saturated rings. The molecule has 2 aromatic carbocycles. The van der Waals surface area contributed by atoms with Crippen molar-refractivity contribution in [2.45, 2.75) is 20.0 Å². The molecule has 0 aliphatic rings. The summed E-state index contributed by atoms with van der Waals surface area (Å²) in [6.07, 6.45) is -0.883. The predicted octanol–water partition coefficient (Wildman–Crippen LogP) is 4.41. The van der Waals surface area contributed by atoms with Crippen molar-refractivity contribution in [2.24, 2.45) is 0 Å². The van der Waals surface area contributed by atoms with Crippen molar-refractivity contribution >= 4 is 40.8 Å². The van der Waals surface area contributed by atoms with Gasteiger partial charge in [0.1, 0.15) is 5.75 Å². The summed E-state index contributed by atoms with van der Waals surface area (Å²) in [6.45, 7) is 3.31. The van der Waals surface area contributed by atoms with Gasteiger partial charge >= 0.3 is 5.97 Å². The third kappa shape index (κ3) is 4.40. The van der Waals surface area contributed by atoms with Gasteiger partial charge in [-0.25, -0.2) is 4.79 Å². The number of amides is 1. The minimum absolute atomic E-state index is 0.0140. The normalized spacial score (nSPS) is 11.7. The molecule has 0 spiro atoms. The number of carbonyl (C=O) groups is 2. The molecule has 2 rings (SSSR count). The van der Waals surface area contributed by atoms with Gasteiger partial charge in [0.05, 0.1) is 16.3 Å². The number of aryl methyl sites for hydroxylation is 1. The van der Waals surface area contributed by atoms with Gasteiger partial charge in [0, 0.05) is 5.02 Å². The molecule has 0 aromatic heterocycles. The van der Waals surface area contributed by atoms with Gasteiger partial charge in [-0.05, 0) is 44.2 Å². The molecule has 5 nitrogen and oxygen atoms in total. The van der Waals surface area contributed by atoms with Crippen LogP contribution in [0.3, 0.4) is 0 Å². The molecule has 0 saturated carbocycles. The third-order valence-corrected chi connectivity index (χ3v) is 3.76. The van der Waals surface area contributed by atoms with E-state index in [1.54, 1.807) is 31.2 Å². The number of halogens is 2. The highest BCUT2D eigenvalue weighted by Gasteiger charge is 2.19. The Morgan fingerprint density at radius 1 is 1.17 bits per heavy atom. The Morgan fingerprint density at radius 3 is 2.50 bits per heavy atom. The number of carboxylic acid groups (broad SMARTS) is 1. The minimum Gasteiger partial charge on any atom is -0.479 e. The van der Waals surface area contributed by atoms with Crippen LogP contribution >= 0.6 is 23.2 Å². The molecule has 1 atom stereocenters. The fourth-order valence-electron chi connectivity index (χ4n) is 1.99. The Hall–Kier alpha value is -2.24. The first-order valence-electron chi connectivity index (χ1n) is 7.04. The second-order valence-corrected chi connectivity index (χ2v) is 6.02. The summed E-state index contributed by atoms with van der Waals surface area (Å²) in [5, 5.41) is 12.5. The average molecular weight is 368 g/mol. The molecule has 0 aliphatic heterocycles. The summed E-state index contributed by atoms with van der Waals surface area (Å²) < 4.78 is 5.51. The van der Waals surface area contributed by atoms with Gasteiger partial charge in [-0.3, -0.25) is 4.79 Å². The number of anilines is 1. The van der Waals surface area contributed by atoms with Crippen LogP contribution in [0.15, 0.2) is 36.4 Å². The van der Waals surface area contributed by atoms with Crippen molar-refractivity contribution < 1.29 is 19.4 Å². The van der Waals surface area contributed by atoms with E-state index in [-0.39, 0.29) is 16.3 Å². The quantitative estimate of drug-likeness (QED) is 0.820. The highest BCUT2D eigenvalue weighted by Crippen LogP contribution is 2.28. The zero-order valence-corrected chi connectivity index (χ0v) is 14.5. The molecule has 7 heteroatoms. The van der Waals surface area contributed by atoms with E-state index in [9.17, 15) is 14.7 Å². The van der Waals surface area contributed by atoms with Crippen molar-refractivity contribution in [3.63, 3.8) is 0 Å². The molecule has 1 amide bonds. The number of carboxylic acids is 1. The van der Waals surface area contributed by atoms with Crippen molar-refractivity contribution in [3.05, 3.63) is 57.6 Å². The van der Waals surface area contributed by atoms with Gasteiger partial charge in [-0.2, -0.15) is 0 Å². The lowest BCUT2D eigenvalue weighted by Crippen LogP contribution is -2.30. The average Bonchev–Trinajstić information content (AvgIpc) is 2.51. The number of nitrogens with one attached hydrogen (secondary N) is 1. The third-order valence-electron chi connectivity index (χ3n) is 3.23. The van der Waals surface area contributed by atoms with Gasteiger partial charge in [0.25, 0.3) is 5.91 Å². The Morgan fingerprint density at radius 2 is 1.88 bits per heavy atom. The van der Waals surface area contributed by atoms with E-state index in [2.05, 4.69) is 5.32 Å². The number of rotatable bonds is 5. The van der Waals surface area contributed by atoms with Gasteiger partial charge in [-0.15, -0.1) is 0 Å². The van der Waals surface area contributed by atoms with Crippen molar-refractivity contribution in [1.82, 2.24) is 0 Å². The standard InChI is InChI=1S/C17H15Cl2NO4/c1-9-3-5-14(12(7-9)17(22)23)20-16(21)10(2)24-15-6-4-11(18)8-13(15)19/h3-8,10H,1-2H3,(H,20,21)(H,22,23). The summed E-state index contributed by atoms with van der Waals surface area (Å²) in [5.74, 6) is -1.30. The summed E-state index contributed by atoms with van der Waals surface area (Å²) in [6, 6.07) is 9.40.